The van der Waals surface area contributed by atoms with Crippen molar-refractivity contribution in [1.29, 1.82) is 0 Å². The van der Waals surface area contributed by atoms with E-state index in [1.165, 1.54) is 24.4 Å². The molecule has 0 bridgehead atoms. The first-order chi connectivity index (χ1) is 11.9. The van der Waals surface area contributed by atoms with Gasteiger partial charge in [0.05, 0.1) is 11.1 Å². The molecule has 0 aromatic heterocycles. The number of rotatable bonds is 6. The first-order valence-electron chi connectivity index (χ1n) is 7.32. The standard InChI is InChI=1S/C17H16ClN3O4/c1-11-6-15(7-12(2)17(11)18)25-10-16(22)20-19-9-13-4-3-5-14(8-13)21(23)24/h3-9H,10H2,1-2H3,(H,20,22)/b19-9+. The number of non-ortho nitro benzene ring substituents is 1. The van der Waals surface area contributed by atoms with Crippen molar-refractivity contribution in [2.45, 2.75) is 13.8 Å². The molecule has 0 aliphatic rings. The Morgan fingerprint density at radius 1 is 1.32 bits per heavy atom. The lowest BCUT2D eigenvalue weighted by Crippen LogP contribution is -2.24. The van der Waals surface area contributed by atoms with Crippen molar-refractivity contribution in [3.05, 3.63) is 68.2 Å². The van der Waals surface area contributed by atoms with E-state index in [9.17, 15) is 14.9 Å². The van der Waals surface area contributed by atoms with Gasteiger partial charge in [-0.25, -0.2) is 5.43 Å². The molecule has 0 unspecified atom stereocenters. The van der Waals surface area contributed by atoms with Crippen LogP contribution in [0.2, 0.25) is 5.02 Å². The third kappa shape index (κ3) is 5.29. The Morgan fingerprint density at radius 2 is 2.00 bits per heavy atom. The number of carbonyl (C=O) groups is 1. The van der Waals surface area contributed by atoms with Gasteiger partial charge in [-0.15, -0.1) is 0 Å². The fourth-order valence-electron chi connectivity index (χ4n) is 2.07. The van der Waals surface area contributed by atoms with Gasteiger partial charge >= 0.3 is 0 Å². The summed E-state index contributed by atoms with van der Waals surface area (Å²) < 4.78 is 5.40. The predicted molar refractivity (Wildman–Crippen MR) is 95.3 cm³/mol. The molecule has 0 spiro atoms. The van der Waals surface area contributed by atoms with E-state index in [2.05, 4.69) is 10.5 Å². The molecule has 0 heterocycles. The summed E-state index contributed by atoms with van der Waals surface area (Å²) in [6, 6.07) is 9.39. The molecule has 7 nitrogen and oxygen atoms in total. The van der Waals surface area contributed by atoms with Gasteiger partial charge in [0, 0.05) is 22.7 Å². The van der Waals surface area contributed by atoms with Crippen LogP contribution >= 0.6 is 11.6 Å². The molecule has 1 N–H and O–H groups in total. The number of nitrogens with one attached hydrogen (secondary N) is 1. The third-order valence-corrected chi connectivity index (χ3v) is 3.86. The number of halogens is 1. The predicted octanol–water partition coefficient (Wildman–Crippen LogP) is 3.39. The van der Waals surface area contributed by atoms with Crippen LogP contribution in [-0.4, -0.2) is 23.7 Å². The van der Waals surface area contributed by atoms with Crippen molar-refractivity contribution < 1.29 is 14.5 Å². The van der Waals surface area contributed by atoms with E-state index >= 15 is 0 Å². The number of hydrogen-bond acceptors (Lipinski definition) is 5. The molecule has 0 saturated carbocycles. The Hall–Kier alpha value is -2.93. The Balaban J connectivity index is 1.88. The number of hydrogen-bond donors (Lipinski definition) is 1. The number of amides is 1. The normalized spacial score (nSPS) is 10.7. The highest BCUT2D eigenvalue weighted by atomic mass is 35.5. The van der Waals surface area contributed by atoms with Crippen molar-refractivity contribution >= 4 is 29.4 Å². The zero-order chi connectivity index (χ0) is 18.4. The summed E-state index contributed by atoms with van der Waals surface area (Å²) in [4.78, 5) is 21.9. The van der Waals surface area contributed by atoms with E-state index in [1.54, 1.807) is 18.2 Å². The lowest BCUT2D eigenvalue weighted by Gasteiger charge is -2.09. The minimum absolute atomic E-state index is 0.0490. The summed E-state index contributed by atoms with van der Waals surface area (Å²) in [5.74, 6) is 0.0872. The molecule has 2 aromatic carbocycles. The molecule has 0 aliphatic heterocycles. The van der Waals surface area contributed by atoms with Gasteiger partial charge in [-0.1, -0.05) is 23.7 Å². The Kier molecular flexibility index (Phi) is 6.08. The summed E-state index contributed by atoms with van der Waals surface area (Å²) in [5.41, 5.74) is 4.47. The van der Waals surface area contributed by atoms with Crippen LogP contribution < -0.4 is 10.2 Å². The van der Waals surface area contributed by atoms with E-state index in [-0.39, 0.29) is 12.3 Å². The largest absolute Gasteiger partial charge is 0.484 e. The molecule has 2 rings (SSSR count). The monoisotopic (exact) mass is 361 g/mol. The summed E-state index contributed by atoms with van der Waals surface area (Å²) in [5, 5.41) is 15.1. The van der Waals surface area contributed by atoms with Crippen LogP contribution in [0.4, 0.5) is 5.69 Å². The maximum Gasteiger partial charge on any atom is 0.277 e. The topological polar surface area (TPSA) is 93.8 Å². The van der Waals surface area contributed by atoms with E-state index < -0.39 is 10.8 Å². The van der Waals surface area contributed by atoms with Gasteiger partial charge in [0.2, 0.25) is 0 Å². The molecule has 0 radical (unpaired) electrons. The first-order valence-corrected chi connectivity index (χ1v) is 7.70. The summed E-state index contributed by atoms with van der Waals surface area (Å²) in [6.45, 7) is 3.49. The SMILES string of the molecule is Cc1cc(OCC(=O)N/N=C/c2cccc([N+](=O)[O-])c2)cc(C)c1Cl. The molecular formula is C17H16ClN3O4. The minimum atomic E-state index is -0.500. The number of nitrogens with zero attached hydrogens (tertiary/aromatic N) is 2. The highest BCUT2D eigenvalue weighted by Gasteiger charge is 2.07. The van der Waals surface area contributed by atoms with Crippen molar-refractivity contribution in [3.63, 3.8) is 0 Å². The van der Waals surface area contributed by atoms with E-state index in [4.69, 9.17) is 16.3 Å². The van der Waals surface area contributed by atoms with Crippen molar-refractivity contribution in [2.75, 3.05) is 6.61 Å². The average Bonchev–Trinajstić information content (AvgIpc) is 2.58. The molecule has 0 fully saturated rings. The van der Waals surface area contributed by atoms with Crippen LogP contribution in [0, 0.1) is 24.0 Å². The van der Waals surface area contributed by atoms with Gasteiger partial charge in [-0.3, -0.25) is 14.9 Å². The van der Waals surface area contributed by atoms with Crippen LogP contribution in [0.25, 0.3) is 0 Å². The van der Waals surface area contributed by atoms with Gasteiger partial charge in [0.25, 0.3) is 11.6 Å². The molecule has 0 saturated heterocycles. The van der Waals surface area contributed by atoms with Crippen LogP contribution in [0.3, 0.4) is 0 Å². The first kappa shape index (κ1) is 18.4. The van der Waals surface area contributed by atoms with Gasteiger partial charge < -0.3 is 4.74 Å². The molecule has 0 atom stereocenters. The maximum absolute atomic E-state index is 11.7. The van der Waals surface area contributed by atoms with Gasteiger partial charge in [0.15, 0.2) is 6.61 Å². The number of hydrazone groups is 1. The fourth-order valence-corrected chi connectivity index (χ4v) is 2.18. The molecule has 130 valence electrons. The second-order valence-corrected chi connectivity index (χ2v) is 5.68. The zero-order valence-electron chi connectivity index (χ0n) is 13.7. The second kappa shape index (κ2) is 8.25. The molecule has 25 heavy (non-hydrogen) atoms. The number of aryl methyl sites for hydroxylation is 2. The molecule has 0 aliphatic carbocycles. The second-order valence-electron chi connectivity index (χ2n) is 5.31. The summed E-state index contributed by atoms with van der Waals surface area (Å²) >= 11 is 6.07. The third-order valence-electron chi connectivity index (χ3n) is 3.26. The molecule has 8 heteroatoms. The maximum atomic E-state index is 11.7. The Morgan fingerprint density at radius 3 is 2.64 bits per heavy atom. The highest BCUT2D eigenvalue weighted by molar-refractivity contribution is 6.32. The molecular weight excluding hydrogens is 346 g/mol. The smallest absolute Gasteiger partial charge is 0.277 e. The summed E-state index contributed by atoms with van der Waals surface area (Å²) in [7, 11) is 0. The Labute approximate surface area is 149 Å². The van der Waals surface area contributed by atoms with Gasteiger partial charge in [-0.05, 0) is 37.1 Å². The van der Waals surface area contributed by atoms with E-state index in [1.807, 2.05) is 13.8 Å². The molecule has 2 aromatic rings. The fraction of sp³-hybridized carbons (Fsp3) is 0.176. The summed E-state index contributed by atoms with van der Waals surface area (Å²) in [6.07, 6.45) is 1.32. The number of nitro groups is 1. The lowest BCUT2D eigenvalue weighted by atomic mass is 10.1. The van der Waals surface area contributed by atoms with E-state index in [0.717, 1.165) is 11.1 Å². The molecule has 1 amide bonds. The van der Waals surface area contributed by atoms with Crippen LogP contribution in [-0.2, 0) is 4.79 Å². The number of nitro benzene ring substituents is 1. The number of benzene rings is 2. The van der Waals surface area contributed by atoms with Crippen molar-refractivity contribution in [1.82, 2.24) is 5.43 Å². The minimum Gasteiger partial charge on any atom is -0.484 e. The number of carbonyl (C=O) groups excluding carboxylic acids is 1. The Bertz CT molecular complexity index is 813. The van der Waals surface area contributed by atoms with Gasteiger partial charge in [-0.2, -0.15) is 5.10 Å². The van der Waals surface area contributed by atoms with Crippen molar-refractivity contribution in [2.24, 2.45) is 5.10 Å². The zero-order valence-corrected chi connectivity index (χ0v) is 14.4. The quantitative estimate of drug-likeness (QED) is 0.484. The van der Waals surface area contributed by atoms with Crippen LogP contribution in [0.15, 0.2) is 41.5 Å². The van der Waals surface area contributed by atoms with Crippen molar-refractivity contribution in [3.8, 4) is 5.75 Å². The van der Waals surface area contributed by atoms with Crippen LogP contribution in [0.5, 0.6) is 5.75 Å². The number of ether oxygens (including phenoxy) is 1. The lowest BCUT2D eigenvalue weighted by molar-refractivity contribution is -0.384. The van der Waals surface area contributed by atoms with Crippen LogP contribution in [0.1, 0.15) is 16.7 Å². The highest BCUT2D eigenvalue weighted by Crippen LogP contribution is 2.25. The van der Waals surface area contributed by atoms with Gasteiger partial charge in [0.1, 0.15) is 5.75 Å². The average molecular weight is 362 g/mol. The van der Waals surface area contributed by atoms with E-state index in [0.29, 0.717) is 16.3 Å².